The number of aliphatic hydroxyl groups is 1. The largest absolute Gasteiger partial charge is 0.497 e. The fourth-order valence-electron chi connectivity index (χ4n) is 4.49. The summed E-state index contributed by atoms with van der Waals surface area (Å²) < 4.78 is 29.1. The Balaban J connectivity index is 1.43. The summed E-state index contributed by atoms with van der Waals surface area (Å²) in [4.78, 5) is 30.9. The Morgan fingerprint density at radius 3 is 2.55 bits per heavy atom. The molecule has 0 fully saturated rings. The normalized spacial score (nSPS) is 11.8. The maximum absolute atomic E-state index is 15.1. The van der Waals surface area contributed by atoms with Crippen LogP contribution in [0.5, 0.6) is 17.2 Å². The zero-order chi connectivity index (χ0) is 28.4. The molecule has 1 amide bonds. The highest BCUT2D eigenvalue weighted by Crippen LogP contribution is 2.33. The number of carbonyl (C=O) groups excluding carboxylic acids is 1. The van der Waals surface area contributed by atoms with Gasteiger partial charge in [0.2, 0.25) is 0 Å². The van der Waals surface area contributed by atoms with E-state index >= 15 is 4.39 Å². The Labute approximate surface area is 229 Å². The van der Waals surface area contributed by atoms with Crippen molar-refractivity contribution in [2.75, 3.05) is 12.4 Å². The van der Waals surface area contributed by atoms with Gasteiger partial charge in [-0.25, -0.2) is 9.07 Å². The summed E-state index contributed by atoms with van der Waals surface area (Å²) in [5.74, 6) is -0.476. The highest BCUT2D eigenvalue weighted by molar-refractivity contribution is 6.05. The molecule has 0 aliphatic heterocycles. The second-order valence-electron chi connectivity index (χ2n) is 9.24. The number of hydrogen-bond donors (Lipinski definition) is 2. The number of methoxy groups -OCH3 is 1. The van der Waals surface area contributed by atoms with Crippen LogP contribution in [0.1, 0.15) is 23.0 Å². The molecule has 204 valence electrons. The molecule has 1 atom stereocenters. The molecule has 0 aliphatic rings. The van der Waals surface area contributed by atoms with Gasteiger partial charge in [0, 0.05) is 23.3 Å². The minimum Gasteiger partial charge on any atom is -0.497 e. The minimum absolute atomic E-state index is 0.0565. The number of ether oxygens (including phenoxy) is 2. The molecule has 2 aromatic heterocycles. The molecular formula is C30H27FN4O5. The Morgan fingerprint density at radius 2 is 1.85 bits per heavy atom. The molecule has 40 heavy (non-hydrogen) atoms. The number of fused-ring (bicyclic) bond motifs is 1. The molecule has 0 unspecified atom stereocenters. The van der Waals surface area contributed by atoms with Gasteiger partial charge in [0.1, 0.15) is 17.1 Å². The van der Waals surface area contributed by atoms with Crippen LogP contribution in [0.3, 0.4) is 0 Å². The molecule has 5 rings (SSSR count). The number of nitrogens with one attached hydrogen (secondary N) is 1. The van der Waals surface area contributed by atoms with Gasteiger partial charge >= 0.3 is 0 Å². The summed E-state index contributed by atoms with van der Waals surface area (Å²) >= 11 is 0. The summed E-state index contributed by atoms with van der Waals surface area (Å²) in [6, 6.07) is 19.7. The highest BCUT2D eigenvalue weighted by Gasteiger charge is 2.24. The Hall–Kier alpha value is -4.96. The first-order chi connectivity index (χ1) is 19.3. The van der Waals surface area contributed by atoms with Crippen LogP contribution < -0.4 is 20.3 Å². The minimum atomic E-state index is -0.767. The third kappa shape index (κ3) is 5.16. The van der Waals surface area contributed by atoms with Crippen LogP contribution in [0.25, 0.3) is 16.6 Å². The van der Waals surface area contributed by atoms with Gasteiger partial charge in [-0.1, -0.05) is 18.2 Å². The van der Waals surface area contributed by atoms with Crippen molar-refractivity contribution >= 4 is 22.5 Å². The molecule has 0 radical (unpaired) electrons. The average Bonchev–Trinajstić information content (AvgIpc) is 3.18. The molecule has 0 bridgehead atoms. The maximum atomic E-state index is 15.1. The number of rotatable bonds is 8. The maximum Gasteiger partial charge on any atom is 0.284 e. The van der Waals surface area contributed by atoms with E-state index in [2.05, 4.69) is 10.3 Å². The van der Waals surface area contributed by atoms with Gasteiger partial charge < -0.3 is 19.9 Å². The van der Waals surface area contributed by atoms with Crippen LogP contribution in [0, 0.1) is 12.7 Å². The molecule has 0 spiro atoms. The molecule has 9 nitrogen and oxygen atoms in total. The van der Waals surface area contributed by atoms with Crippen molar-refractivity contribution in [3.05, 3.63) is 106 Å². The third-order valence-corrected chi connectivity index (χ3v) is 6.38. The van der Waals surface area contributed by atoms with Crippen molar-refractivity contribution in [2.24, 2.45) is 0 Å². The van der Waals surface area contributed by atoms with E-state index in [1.165, 1.54) is 16.8 Å². The van der Waals surface area contributed by atoms with E-state index in [9.17, 15) is 14.7 Å². The lowest BCUT2D eigenvalue weighted by atomic mass is 10.2. The van der Waals surface area contributed by atoms with Gasteiger partial charge in [0.25, 0.3) is 11.5 Å². The zero-order valence-corrected chi connectivity index (χ0v) is 22.1. The highest BCUT2D eigenvalue weighted by atomic mass is 19.1. The number of hydrogen-bond acceptors (Lipinski definition) is 6. The van der Waals surface area contributed by atoms with Crippen molar-refractivity contribution in [1.82, 2.24) is 14.3 Å². The van der Waals surface area contributed by atoms with Crippen molar-refractivity contribution < 1.29 is 23.8 Å². The molecule has 0 aliphatic carbocycles. The van der Waals surface area contributed by atoms with Crippen LogP contribution in [-0.2, 0) is 6.54 Å². The fraction of sp³-hybridized carbons (Fsp3) is 0.167. The van der Waals surface area contributed by atoms with Crippen LogP contribution in [-0.4, -0.2) is 38.6 Å². The van der Waals surface area contributed by atoms with Crippen molar-refractivity contribution in [3.8, 4) is 22.9 Å². The quantitative estimate of drug-likeness (QED) is 0.284. The number of halogens is 1. The number of carbonyl (C=O) groups is 1. The summed E-state index contributed by atoms with van der Waals surface area (Å²) in [7, 11) is 1.55. The predicted molar refractivity (Wildman–Crippen MR) is 149 cm³/mol. The molecule has 2 N–H and O–H groups in total. The van der Waals surface area contributed by atoms with Gasteiger partial charge in [-0.2, -0.15) is 0 Å². The van der Waals surface area contributed by atoms with E-state index in [4.69, 9.17) is 9.47 Å². The van der Waals surface area contributed by atoms with Crippen LogP contribution in [0.2, 0.25) is 0 Å². The number of aromatic nitrogens is 3. The number of benzene rings is 3. The topological polar surface area (TPSA) is 108 Å². The van der Waals surface area contributed by atoms with E-state index in [1.54, 1.807) is 80.4 Å². The molecule has 5 aromatic rings. The van der Waals surface area contributed by atoms with Crippen LogP contribution >= 0.6 is 0 Å². The lowest BCUT2D eigenvalue weighted by molar-refractivity contribution is 0.102. The lowest BCUT2D eigenvalue weighted by Gasteiger charge is -2.15. The molecule has 0 saturated carbocycles. The van der Waals surface area contributed by atoms with E-state index in [1.807, 2.05) is 6.07 Å². The SMILES string of the molecule is COc1ccc2nccc(Oc3ccc(NC(=O)c4c(C)n(C[C@H](C)O)n(-c5ccccc5)c4=O)cc3F)c2c1. The zero-order valence-electron chi connectivity index (χ0n) is 22.1. The van der Waals surface area contributed by atoms with Gasteiger partial charge in [0.15, 0.2) is 11.6 Å². The first-order valence-corrected chi connectivity index (χ1v) is 12.5. The van der Waals surface area contributed by atoms with Gasteiger partial charge in [0.05, 0.1) is 36.7 Å². The number of amides is 1. The number of anilines is 1. The third-order valence-electron chi connectivity index (χ3n) is 6.38. The first kappa shape index (κ1) is 26.6. The number of para-hydroxylation sites is 1. The van der Waals surface area contributed by atoms with Crippen LogP contribution in [0.4, 0.5) is 10.1 Å². The monoisotopic (exact) mass is 542 g/mol. The molecule has 3 aromatic carbocycles. The van der Waals surface area contributed by atoms with E-state index < -0.39 is 23.4 Å². The fourth-order valence-corrected chi connectivity index (χ4v) is 4.49. The summed E-state index contributed by atoms with van der Waals surface area (Å²) in [5.41, 5.74) is 1.05. The molecule has 10 heteroatoms. The lowest BCUT2D eigenvalue weighted by Crippen LogP contribution is -2.27. The van der Waals surface area contributed by atoms with Gasteiger partial charge in [-0.05, 0) is 62.4 Å². The molecular weight excluding hydrogens is 515 g/mol. The summed E-state index contributed by atoms with van der Waals surface area (Å²) in [6.45, 7) is 3.32. The summed E-state index contributed by atoms with van der Waals surface area (Å²) in [6.07, 6.45) is 0.793. The number of aliphatic hydroxyl groups excluding tert-OH is 1. The van der Waals surface area contributed by atoms with Gasteiger partial charge in [-0.15, -0.1) is 0 Å². The Morgan fingerprint density at radius 1 is 1.07 bits per heavy atom. The first-order valence-electron chi connectivity index (χ1n) is 12.5. The molecule has 0 saturated heterocycles. The summed E-state index contributed by atoms with van der Waals surface area (Å²) in [5, 5.41) is 13.3. The smallest absolute Gasteiger partial charge is 0.284 e. The number of nitrogens with zero attached hydrogens (tertiary/aromatic N) is 3. The number of pyridine rings is 1. The Kier molecular flexibility index (Phi) is 7.35. The second-order valence-corrected chi connectivity index (χ2v) is 9.24. The molecule has 2 heterocycles. The average molecular weight is 543 g/mol. The van der Waals surface area contributed by atoms with Crippen molar-refractivity contribution in [2.45, 2.75) is 26.5 Å². The van der Waals surface area contributed by atoms with E-state index in [-0.39, 0.29) is 23.5 Å². The Bertz CT molecular complexity index is 1760. The van der Waals surface area contributed by atoms with Crippen molar-refractivity contribution in [3.63, 3.8) is 0 Å². The standard InChI is InChI=1S/C30H27FN4O5/c1-18(36)17-34-19(2)28(30(38)35(34)21-7-5-4-6-8-21)29(37)33-20-9-12-27(24(31)15-20)40-26-13-14-32-25-11-10-22(39-3)16-23(25)26/h4-16,18,36H,17H2,1-3H3,(H,33,37)/t18-/m0/s1. The van der Waals surface area contributed by atoms with Gasteiger partial charge in [-0.3, -0.25) is 19.3 Å². The predicted octanol–water partition coefficient (Wildman–Crippen LogP) is 5.07. The van der Waals surface area contributed by atoms with Crippen LogP contribution in [0.15, 0.2) is 83.8 Å². The van der Waals surface area contributed by atoms with E-state index in [0.717, 1.165) is 6.07 Å². The second kappa shape index (κ2) is 11.0. The van der Waals surface area contributed by atoms with E-state index in [0.29, 0.717) is 33.8 Å². The van der Waals surface area contributed by atoms with Crippen molar-refractivity contribution in [1.29, 1.82) is 0 Å².